The van der Waals surface area contributed by atoms with E-state index in [0.29, 0.717) is 16.5 Å². The quantitative estimate of drug-likeness (QED) is 0.410. The topological polar surface area (TPSA) is 58.9 Å². The van der Waals surface area contributed by atoms with Crippen molar-refractivity contribution >= 4 is 34.1 Å². The Labute approximate surface area is 140 Å². The number of fused-ring (bicyclic) bond motifs is 3. The minimum absolute atomic E-state index is 0.117. The van der Waals surface area contributed by atoms with Gasteiger partial charge in [0.2, 0.25) is 0 Å². The zero-order chi connectivity index (χ0) is 17.1. The smallest absolute Gasteiger partial charge is 0.534 e. The van der Waals surface area contributed by atoms with Gasteiger partial charge in [0.1, 0.15) is 5.60 Å². The standard InChI is InChI=1S/C19H17BO4/c1-11-19(2,3)24-20(23-11)12-8-9-14-13-6-4-5-7-15(13)17(21)18(22)16(14)10-12/h4-10,21-22H,1H2,2-3H3. The molecule has 120 valence electrons. The lowest BCUT2D eigenvalue weighted by Crippen LogP contribution is -2.34. The van der Waals surface area contributed by atoms with E-state index in [1.165, 1.54) is 0 Å². The molecule has 0 spiro atoms. The fourth-order valence-corrected chi connectivity index (χ4v) is 3.08. The van der Waals surface area contributed by atoms with E-state index in [-0.39, 0.29) is 11.5 Å². The molecule has 1 fully saturated rings. The number of aromatic hydroxyl groups is 2. The van der Waals surface area contributed by atoms with Crippen LogP contribution in [0.3, 0.4) is 0 Å². The van der Waals surface area contributed by atoms with Crippen molar-refractivity contribution in [2.24, 2.45) is 0 Å². The summed E-state index contributed by atoms with van der Waals surface area (Å²) in [7, 11) is -0.579. The maximum atomic E-state index is 10.4. The van der Waals surface area contributed by atoms with Crippen LogP contribution in [0.2, 0.25) is 0 Å². The first kappa shape index (κ1) is 14.9. The lowest BCUT2D eigenvalue weighted by atomic mass is 9.78. The largest absolute Gasteiger partial charge is 0.563 e. The highest BCUT2D eigenvalue weighted by molar-refractivity contribution is 6.62. The molecule has 0 unspecified atom stereocenters. The summed E-state index contributed by atoms with van der Waals surface area (Å²) in [6.07, 6.45) is 0. The van der Waals surface area contributed by atoms with Crippen molar-refractivity contribution in [1.29, 1.82) is 0 Å². The molecule has 5 heteroatoms. The Morgan fingerprint density at radius 3 is 2.21 bits per heavy atom. The molecule has 0 aromatic heterocycles. The Morgan fingerprint density at radius 2 is 1.54 bits per heavy atom. The van der Waals surface area contributed by atoms with Crippen molar-refractivity contribution in [3.63, 3.8) is 0 Å². The Bertz CT molecular complexity index is 993. The second-order valence-electron chi connectivity index (χ2n) is 6.55. The van der Waals surface area contributed by atoms with Crippen LogP contribution in [0.5, 0.6) is 11.5 Å². The Kier molecular flexibility index (Phi) is 3.05. The molecule has 0 amide bonds. The van der Waals surface area contributed by atoms with Crippen molar-refractivity contribution in [1.82, 2.24) is 0 Å². The van der Waals surface area contributed by atoms with Gasteiger partial charge in [0, 0.05) is 10.8 Å². The Hall–Kier alpha value is -2.66. The van der Waals surface area contributed by atoms with Gasteiger partial charge < -0.3 is 19.5 Å². The SMILES string of the molecule is C=C1OB(c2ccc3c(c2)c(O)c(O)c2ccccc23)OC1(C)C. The van der Waals surface area contributed by atoms with E-state index < -0.39 is 12.7 Å². The van der Waals surface area contributed by atoms with Gasteiger partial charge in [-0.15, -0.1) is 0 Å². The molecule has 24 heavy (non-hydrogen) atoms. The zero-order valence-electron chi connectivity index (χ0n) is 13.5. The van der Waals surface area contributed by atoms with Gasteiger partial charge in [0.05, 0.1) is 5.76 Å². The Morgan fingerprint density at radius 1 is 0.917 bits per heavy atom. The van der Waals surface area contributed by atoms with E-state index in [9.17, 15) is 10.2 Å². The van der Waals surface area contributed by atoms with E-state index in [4.69, 9.17) is 9.31 Å². The third kappa shape index (κ3) is 2.05. The van der Waals surface area contributed by atoms with Gasteiger partial charge >= 0.3 is 7.12 Å². The highest BCUT2D eigenvalue weighted by Crippen LogP contribution is 2.41. The molecule has 0 atom stereocenters. The average molecular weight is 320 g/mol. The predicted molar refractivity (Wildman–Crippen MR) is 95.6 cm³/mol. The molecular weight excluding hydrogens is 303 g/mol. The van der Waals surface area contributed by atoms with Crippen molar-refractivity contribution in [3.8, 4) is 11.5 Å². The highest BCUT2D eigenvalue weighted by atomic mass is 16.7. The van der Waals surface area contributed by atoms with Crippen molar-refractivity contribution in [2.45, 2.75) is 19.4 Å². The fraction of sp³-hybridized carbons (Fsp3) is 0.158. The lowest BCUT2D eigenvalue weighted by molar-refractivity contribution is 0.173. The molecule has 0 radical (unpaired) electrons. The molecule has 2 N–H and O–H groups in total. The van der Waals surface area contributed by atoms with E-state index in [1.807, 2.05) is 44.2 Å². The normalized spacial score (nSPS) is 16.8. The van der Waals surface area contributed by atoms with Crippen LogP contribution in [0.1, 0.15) is 13.8 Å². The number of hydrogen-bond acceptors (Lipinski definition) is 4. The fourth-order valence-electron chi connectivity index (χ4n) is 3.08. The molecule has 0 saturated carbocycles. The van der Waals surface area contributed by atoms with Crippen molar-refractivity contribution in [2.75, 3.05) is 0 Å². The molecule has 3 aromatic rings. The highest BCUT2D eigenvalue weighted by Gasteiger charge is 2.42. The second-order valence-corrected chi connectivity index (χ2v) is 6.55. The van der Waals surface area contributed by atoms with Crippen LogP contribution in [0, 0.1) is 0 Å². The van der Waals surface area contributed by atoms with Gasteiger partial charge in [0.15, 0.2) is 11.5 Å². The zero-order valence-corrected chi connectivity index (χ0v) is 13.5. The van der Waals surface area contributed by atoms with Crippen LogP contribution in [0.25, 0.3) is 21.5 Å². The van der Waals surface area contributed by atoms with E-state index in [0.717, 1.165) is 16.2 Å². The summed E-state index contributed by atoms with van der Waals surface area (Å²) in [5.74, 6) is 0.313. The number of rotatable bonds is 1. The summed E-state index contributed by atoms with van der Waals surface area (Å²) in [6.45, 7) is 7.67. The van der Waals surface area contributed by atoms with Gasteiger partial charge in [0.25, 0.3) is 0 Å². The minimum atomic E-state index is -0.579. The van der Waals surface area contributed by atoms with Crippen LogP contribution in [0.15, 0.2) is 54.8 Å². The summed E-state index contributed by atoms with van der Waals surface area (Å²) in [6, 6.07) is 13.0. The molecule has 3 aromatic carbocycles. The molecule has 1 aliphatic heterocycles. The van der Waals surface area contributed by atoms with Crippen molar-refractivity contribution < 1.29 is 19.5 Å². The number of hydrogen-bond donors (Lipinski definition) is 2. The number of phenols is 2. The number of benzene rings is 3. The first-order valence-corrected chi connectivity index (χ1v) is 7.78. The van der Waals surface area contributed by atoms with E-state index >= 15 is 0 Å². The van der Waals surface area contributed by atoms with Crippen LogP contribution in [-0.2, 0) is 9.31 Å². The van der Waals surface area contributed by atoms with Crippen molar-refractivity contribution in [3.05, 3.63) is 54.8 Å². The monoisotopic (exact) mass is 320 g/mol. The molecular formula is C19H17BO4. The summed E-state index contributed by atoms with van der Waals surface area (Å²) in [5, 5.41) is 23.7. The van der Waals surface area contributed by atoms with Gasteiger partial charge in [-0.2, -0.15) is 0 Å². The second kappa shape index (κ2) is 4.92. The molecule has 4 nitrogen and oxygen atoms in total. The number of phenolic OH excluding ortho intramolecular Hbond substituents is 2. The van der Waals surface area contributed by atoms with Crippen LogP contribution in [0.4, 0.5) is 0 Å². The molecule has 1 saturated heterocycles. The maximum absolute atomic E-state index is 10.4. The van der Waals surface area contributed by atoms with Crippen LogP contribution in [-0.4, -0.2) is 22.9 Å². The molecule has 0 aliphatic carbocycles. The lowest BCUT2D eigenvalue weighted by Gasteiger charge is -2.15. The Balaban J connectivity index is 1.92. The molecule has 4 rings (SSSR count). The summed E-state index contributed by atoms with van der Waals surface area (Å²) >= 11 is 0. The summed E-state index contributed by atoms with van der Waals surface area (Å²) < 4.78 is 11.6. The van der Waals surface area contributed by atoms with Crippen LogP contribution < -0.4 is 5.46 Å². The first-order chi connectivity index (χ1) is 11.4. The van der Waals surface area contributed by atoms with Gasteiger partial charge in [-0.05, 0) is 36.1 Å². The van der Waals surface area contributed by atoms with E-state index in [1.54, 1.807) is 12.1 Å². The van der Waals surface area contributed by atoms with Gasteiger partial charge in [-0.3, -0.25) is 0 Å². The minimum Gasteiger partial charge on any atom is -0.534 e. The predicted octanol–water partition coefficient (Wildman–Crippen LogP) is 3.44. The van der Waals surface area contributed by atoms with Crippen LogP contribution >= 0.6 is 0 Å². The average Bonchev–Trinajstić information content (AvgIpc) is 2.85. The summed E-state index contributed by atoms with van der Waals surface area (Å²) in [5.41, 5.74) is 0.201. The molecule has 0 bridgehead atoms. The molecule has 1 heterocycles. The van der Waals surface area contributed by atoms with Gasteiger partial charge in [-0.1, -0.05) is 43.0 Å². The van der Waals surface area contributed by atoms with E-state index in [2.05, 4.69) is 6.58 Å². The van der Waals surface area contributed by atoms with Gasteiger partial charge in [-0.25, -0.2) is 0 Å². The third-order valence-corrected chi connectivity index (χ3v) is 4.59. The molecule has 1 aliphatic rings. The summed E-state index contributed by atoms with van der Waals surface area (Å²) in [4.78, 5) is 0. The maximum Gasteiger partial charge on any atom is 0.563 e. The first-order valence-electron chi connectivity index (χ1n) is 7.78. The third-order valence-electron chi connectivity index (χ3n) is 4.59.